The highest BCUT2D eigenvalue weighted by Gasteiger charge is 2.43. The first-order chi connectivity index (χ1) is 20.3. The van der Waals surface area contributed by atoms with Gasteiger partial charge in [-0.2, -0.15) is 0 Å². The topological polar surface area (TPSA) is 139 Å². The molecule has 42 heavy (non-hydrogen) atoms. The minimum absolute atomic E-state index is 0.136. The highest BCUT2D eigenvalue weighted by molar-refractivity contribution is 5.91. The van der Waals surface area contributed by atoms with Crippen LogP contribution < -0.4 is 11.1 Å². The number of nitrogens with one attached hydrogen (secondary N) is 1. The quantitative estimate of drug-likeness (QED) is 0.298. The van der Waals surface area contributed by atoms with E-state index in [-0.39, 0.29) is 36.9 Å². The van der Waals surface area contributed by atoms with Crippen molar-refractivity contribution in [3.63, 3.8) is 0 Å². The number of carbonyl (C=O) groups excluding carboxylic acids is 3. The summed E-state index contributed by atoms with van der Waals surface area (Å²) in [4.78, 5) is 47.5. The van der Waals surface area contributed by atoms with Gasteiger partial charge < -0.3 is 20.9 Å². The average Bonchev–Trinajstić information content (AvgIpc) is 3.61. The van der Waals surface area contributed by atoms with Gasteiger partial charge in [0.25, 0.3) is 0 Å². The molecule has 11 nitrogen and oxygen atoms in total. The summed E-state index contributed by atoms with van der Waals surface area (Å²) in [6, 6.07) is 17.4. The van der Waals surface area contributed by atoms with Gasteiger partial charge in [-0.05, 0) is 54.2 Å². The Kier molecular flexibility index (Phi) is 8.87. The maximum Gasteiger partial charge on any atom is 0.243 e. The van der Waals surface area contributed by atoms with Gasteiger partial charge in [0.1, 0.15) is 11.6 Å². The number of amides is 3. The zero-order chi connectivity index (χ0) is 29.6. The second-order valence-electron chi connectivity index (χ2n) is 10.8. The highest BCUT2D eigenvalue weighted by Crippen LogP contribution is 2.26. The van der Waals surface area contributed by atoms with Crippen molar-refractivity contribution in [3.8, 4) is 0 Å². The van der Waals surface area contributed by atoms with Crippen LogP contribution in [0.2, 0.25) is 0 Å². The van der Waals surface area contributed by atoms with Crippen LogP contribution in [0.25, 0.3) is 11.0 Å². The second-order valence-corrected chi connectivity index (χ2v) is 10.8. The average molecular weight is 569 g/mol. The molecule has 1 saturated heterocycles. The number of fused-ring (bicyclic) bond motifs is 1. The molecule has 0 radical (unpaired) electrons. The number of hydrogen-bond donors (Lipinski definition) is 2. The normalized spacial score (nSPS) is 17.3. The minimum Gasteiger partial charge on any atom is -0.350 e. The smallest absolute Gasteiger partial charge is 0.243 e. The van der Waals surface area contributed by atoms with E-state index in [2.05, 4.69) is 20.6 Å². The van der Waals surface area contributed by atoms with Crippen LogP contribution in [0.4, 0.5) is 0 Å². The fourth-order valence-electron chi connectivity index (χ4n) is 5.52. The lowest BCUT2D eigenvalue weighted by atomic mass is 10.0. The van der Waals surface area contributed by atoms with E-state index in [0.717, 1.165) is 27.7 Å². The summed E-state index contributed by atoms with van der Waals surface area (Å²) in [5.41, 5.74) is 10.9. The van der Waals surface area contributed by atoms with Gasteiger partial charge in [-0.3, -0.25) is 19.4 Å². The third-order valence-electron chi connectivity index (χ3n) is 7.83. The molecule has 218 valence electrons. The standard InChI is InChI=1S/C31H36N8O3/c1-21(40)38(19-24-9-6-14-33-17-24)25-16-29(30(41)34-18-23-11-13-28-27(15-23)35-36-37(28)2)39(20-25)31(42)26(32)12-10-22-7-4-3-5-8-22/h3-9,11,13-15,17,25-26,29H,10,12,16,18-20,32H2,1-2H3,(H,34,41). The molecule has 3 atom stereocenters. The zero-order valence-electron chi connectivity index (χ0n) is 23.9. The van der Waals surface area contributed by atoms with Gasteiger partial charge in [-0.15, -0.1) is 5.10 Å². The Morgan fingerprint density at radius 2 is 1.86 bits per heavy atom. The molecule has 1 aliphatic rings. The van der Waals surface area contributed by atoms with Crippen LogP contribution in [0.5, 0.6) is 0 Å². The number of nitrogens with zero attached hydrogens (tertiary/aromatic N) is 6. The Labute approximate surface area is 244 Å². The van der Waals surface area contributed by atoms with Crippen molar-refractivity contribution in [2.45, 2.75) is 57.4 Å². The first-order valence-corrected chi connectivity index (χ1v) is 14.1. The summed E-state index contributed by atoms with van der Waals surface area (Å²) in [5, 5.41) is 11.2. The number of aromatic nitrogens is 4. The van der Waals surface area contributed by atoms with E-state index in [1.54, 1.807) is 26.9 Å². The van der Waals surface area contributed by atoms with Crippen LogP contribution in [0.15, 0.2) is 73.1 Å². The Balaban J connectivity index is 1.32. The Bertz CT molecular complexity index is 1540. The molecule has 0 saturated carbocycles. The zero-order valence-corrected chi connectivity index (χ0v) is 23.9. The molecule has 0 spiro atoms. The third-order valence-corrected chi connectivity index (χ3v) is 7.83. The Morgan fingerprint density at radius 3 is 2.60 bits per heavy atom. The number of nitrogens with two attached hydrogens (primary N) is 1. The Morgan fingerprint density at radius 1 is 1.07 bits per heavy atom. The summed E-state index contributed by atoms with van der Waals surface area (Å²) in [6.07, 6.45) is 4.80. The molecule has 3 unspecified atom stereocenters. The maximum atomic E-state index is 13.7. The largest absolute Gasteiger partial charge is 0.350 e. The molecular formula is C31H36N8O3. The van der Waals surface area contributed by atoms with Crippen LogP contribution in [-0.4, -0.2) is 72.2 Å². The van der Waals surface area contributed by atoms with Crippen LogP contribution in [-0.2, 0) is 40.9 Å². The SMILES string of the molecule is CC(=O)N(Cc1cccnc1)C1CC(C(=O)NCc2ccc3c(c2)nnn3C)N(C(=O)C(N)CCc2ccccc2)C1. The molecule has 2 aromatic heterocycles. The summed E-state index contributed by atoms with van der Waals surface area (Å²) in [7, 11) is 1.82. The van der Waals surface area contributed by atoms with Crippen LogP contribution in [0.3, 0.4) is 0 Å². The van der Waals surface area contributed by atoms with Crippen LogP contribution >= 0.6 is 0 Å². The van der Waals surface area contributed by atoms with Crippen molar-refractivity contribution in [1.82, 2.24) is 35.1 Å². The van der Waals surface area contributed by atoms with Crippen molar-refractivity contribution in [2.75, 3.05) is 6.54 Å². The van der Waals surface area contributed by atoms with Gasteiger partial charge in [0.15, 0.2) is 0 Å². The first kappa shape index (κ1) is 28.9. The summed E-state index contributed by atoms with van der Waals surface area (Å²) < 4.78 is 1.69. The molecule has 2 aromatic carbocycles. The van der Waals surface area contributed by atoms with E-state index in [4.69, 9.17) is 5.73 Å². The first-order valence-electron chi connectivity index (χ1n) is 14.1. The van der Waals surface area contributed by atoms with Crippen molar-refractivity contribution < 1.29 is 14.4 Å². The molecular weight excluding hydrogens is 532 g/mol. The van der Waals surface area contributed by atoms with Gasteiger partial charge in [-0.1, -0.05) is 47.7 Å². The van der Waals surface area contributed by atoms with E-state index in [1.807, 2.05) is 67.7 Å². The number of rotatable bonds is 10. The van der Waals surface area contributed by atoms with Crippen LogP contribution in [0.1, 0.15) is 36.5 Å². The van der Waals surface area contributed by atoms with Gasteiger partial charge in [-0.25, -0.2) is 4.68 Å². The predicted molar refractivity (Wildman–Crippen MR) is 157 cm³/mol. The molecule has 3 amide bonds. The fourth-order valence-corrected chi connectivity index (χ4v) is 5.52. The van der Waals surface area contributed by atoms with E-state index in [1.165, 1.54) is 6.92 Å². The van der Waals surface area contributed by atoms with Gasteiger partial charge in [0.2, 0.25) is 17.7 Å². The third kappa shape index (κ3) is 6.63. The molecule has 4 aromatic rings. The number of carbonyl (C=O) groups is 3. The number of aryl methyl sites for hydroxylation is 2. The molecule has 3 heterocycles. The highest BCUT2D eigenvalue weighted by atomic mass is 16.2. The number of benzene rings is 2. The molecule has 1 aliphatic heterocycles. The molecule has 1 fully saturated rings. The van der Waals surface area contributed by atoms with Crippen molar-refractivity contribution in [3.05, 3.63) is 89.7 Å². The lowest BCUT2D eigenvalue weighted by Gasteiger charge is -2.29. The summed E-state index contributed by atoms with van der Waals surface area (Å²) in [6.45, 7) is 2.33. The summed E-state index contributed by atoms with van der Waals surface area (Å²) in [5.74, 6) is -0.715. The fraction of sp³-hybridized carbons (Fsp3) is 0.355. The molecule has 3 N–H and O–H groups in total. The molecule has 0 aliphatic carbocycles. The van der Waals surface area contributed by atoms with E-state index < -0.39 is 12.1 Å². The van der Waals surface area contributed by atoms with Gasteiger partial charge in [0, 0.05) is 46.0 Å². The van der Waals surface area contributed by atoms with Crippen LogP contribution in [0, 0.1) is 0 Å². The van der Waals surface area contributed by atoms with Crippen molar-refractivity contribution >= 4 is 28.8 Å². The lowest BCUT2D eigenvalue weighted by molar-refractivity contribution is -0.139. The van der Waals surface area contributed by atoms with Gasteiger partial charge in [0.05, 0.1) is 17.6 Å². The molecule has 11 heteroatoms. The van der Waals surface area contributed by atoms with Crippen molar-refractivity contribution in [1.29, 1.82) is 0 Å². The molecule has 5 rings (SSSR count). The predicted octanol–water partition coefficient (Wildman–Crippen LogP) is 1.96. The maximum absolute atomic E-state index is 13.7. The molecule has 0 bridgehead atoms. The Hall–Kier alpha value is -4.64. The van der Waals surface area contributed by atoms with E-state index in [0.29, 0.717) is 25.8 Å². The second kappa shape index (κ2) is 12.9. The van der Waals surface area contributed by atoms with E-state index in [9.17, 15) is 14.4 Å². The van der Waals surface area contributed by atoms with Gasteiger partial charge >= 0.3 is 0 Å². The van der Waals surface area contributed by atoms with E-state index >= 15 is 0 Å². The monoisotopic (exact) mass is 568 g/mol. The number of hydrogen-bond acceptors (Lipinski definition) is 7. The minimum atomic E-state index is -0.776. The number of likely N-dealkylation sites (tertiary alicyclic amines) is 1. The lowest BCUT2D eigenvalue weighted by Crippen LogP contribution is -2.51. The summed E-state index contributed by atoms with van der Waals surface area (Å²) >= 11 is 0. The van der Waals surface area contributed by atoms with Crippen molar-refractivity contribution in [2.24, 2.45) is 12.8 Å². The number of pyridine rings is 1.